The van der Waals surface area contributed by atoms with Gasteiger partial charge in [-0.15, -0.1) is 0 Å². The van der Waals surface area contributed by atoms with Crippen LogP contribution in [0.25, 0.3) is 0 Å². The molecule has 0 saturated heterocycles. The molecule has 0 aromatic heterocycles. The maximum atomic E-state index is 11.9. The molecule has 0 N–H and O–H groups in total. The van der Waals surface area contributed by atoms with Gasteiger partial charge in [-0.05, 0) is 0 Å². The molecular formula is C23H42O4Sn. The zero-order chi connectivity index (χ0) is 21.6. The first-order valence-electron chi connectivity index (χ1n) is 10.9. The number of hydrogen-bond acceptors (Lipinski definition) is 4. The van der Waals surface area contributed by atoms with Crippen LogP contribution in [0.15, 0.2) is 21.8 Å². The summed E-state index contributed by atoms with van der Waals surface area (Å²) in [4.78, 5) is 23.5. The van der Waals surface area contributed by atoms with Crippen LogP contribution in [0, 0.1) is 0 Å². The van der Waals surface area contributed by atoms with E-state index in [1.807, 2.05) is 6.92 Å². The number of rotatable bonds is 15. The van der Waals surface area contributed by atoms with Crippen LogP contribution in [0.5, 0.6) is 0 Å². The minimum absolute atomic E-state index is 0.293. The molecule has 0 aliphatic carbocycles. The minimum atomic E-state index is -2.60. The van der Waals surface area contributed by atoms with E-state index in [9.17, 15) is 9.59 Å². The van der Waals surface area contributed by atoms with Gasteiger partial charge < -0.3 is 0 Å². The third-order valence-corrected chi connectivity index (χ3v) is 19.7. The van der Waals surface area contributed by atoms with E-state index in [0.717, 1.165) is 5.57 Å². The van der Waals surface area contributed by atoms with E-state index < -0.39 is 24.3 Å². The van der Waals surface area contributed by atoms with Crippen molar-refractivity contribution >= 4 is 30.3 Å². The van der Waals surface area contributed by atoms with Gasteiger partial charge in [-0.1, -0.05) is 0 Å². The van der Waals surface area contributed by atoms with Crippen molar-refractivity contribution in [1.82, 2.24) is 0 Å². The Labute approximate surface area is 177 Å². The summed E-state index contributed by atoms with van der Waals surface area (Å²) in [5.74, 6) is -0.684. The Kier molecular flexibility index (Phi) is 14.7. The number of hydrogen-bond donors (Lipinski definition) is 0. The Hall–Kier alpha value is -0.781. The molecule has 0 bridgehead atoms. The third-order valence-electron chi connectivity index (χ3n) is 5.33. The molecule has 0 heterocycles. The number of carbonyl (C=O) groups excluding carboxylic acids is 2. The van der Waals surface area contributed by atoms with E-state index in [-0.39, 0.29) is 12.1 Å². The first-order valence-corrected chi connectivity index (χ1v) is 18.6. The second-order valence-electron chi connectivity index (χ2n) is 7.92. The Morgan fingerprint density at radius 2 is 1.46 bits per heavy atom. The Morgan fingerprint density at radius 3 is 1.82 bits per heavy atom. The van der Waals surface area contributed by atoms with E-state index in [1.54, 1.807) is 0 Å². The van der Waals surface area contributed by atoms with Crippen molar-refractivity contribution in [2.75, 3.05) is 7.11 Å². The Bertz CT molecular complexity index is 503. The van der Waals surface area contributed by atoms with Gasteiger partial charge in [0.25, 0.3) is 0 Å². The third kappa shape index (κ3) is 10.7. The van der Waals surface area contributed by atoms with Crippen molar-refractivity contribution < 1.29 is 19.1 Å². The molecular weight excluding hydrogens is 459 g/mol. The van der Waals surface area contributed by atoms with Crippen molar-refractivity contribution in [1.29, 1.82) is 0 Å². The predicted octanol–water partition coefficient (Wildman–Crippen LogP) is 6.37. The number of esters is 2. The summed E-state index contributed by atoms with van der Waals surface area (Å²) in [5, 5.41) is 0. The standard InChI is InChI=1S/C11H15O4.3C4H9.Sn/c1-7(9(3)15-10(4)12)6-8(2)11(13)14-5;3*1-3-4-2;/h1,9H,2,6H2,3-5H3;3*1,3-4H2,2H3;. The van der Waals surface area contributed by atoms with Gasteiger partial charge in [-0.2, -0.15) is 0 Å². The molecule has 0 saturated carbocycles. The fourth-order valence-electron chi connectivity index (χ4n) is 3.67. The average molecular weight is 501 g/mol. The fourth-order valence-corrected chi connectivity index (χ4v) is 19.3. The average Bonchev–Trinajstić information content (AvgIpc) is 2.66. The molecule has 0 aromatic carbocycles. The quantitative estimate of drug-likeness (QED) is 0.149. The molecule has 1 atom stereocenters. The van der Waals surface area contributed by atoms with Crippen LogP contribution in [0.2, 0.25) is 13.3 Å². The summed E-state index contributed by atoms with van der Waals surface area (Å²) in [6, 6.07) is 0. The molecule has 5 heteroatoms. The number of unbranched alkanes of at least 4 members (excludes halogenated alkanes) is 3. The molecule has 4 nitrogen and oxygen atoms in total. The number of methoxy groups -OCH3 is 1. The molecule has 0 amide bonds. The normalized spacial score (nSPS) is 13.1. The van der Waals surface area contributed by atoms with Crippen molar-refractivity contribution in [3.63, 3.8) is 0 Å². The first-order chi connectivity index (χ1) is 13.2. The van der Waals surface area contributed by atoms with E-state index in [2.05, 4.69) is 31.4 Å². The summed E-state index contributed by atoms with van der Waals surface area (Å²) in [5.41, 5.74) is 1.47. The van der Waals surface area contributed by atoms with Gasteiger partial charge in [0.05, 0.1) is 0 Å². The van der Waals surface area contributed by atoms with E-state index in [1.165, 1.54) is 65.9 Å². The van der Waals surface area contributed by atoms with Crippen molar-refractivity contribution in [2.24, 2.45) is 0 Å². The Balaban J connectivity index is 6.00. The summed E-state index contributed by atoms with van der Waals surface area (Å²) in [6.45, 7) is 14.0. The number of ether oxygens (including phenoxy) is 2. The van der Waals surface area contributed by atoms with Crippen molar-refractivity contribution in [3.05, 3.63) is 21.8 Å². The topological polar surface area (TPSA) is 52.6 Å². The van der Waals surface area contributed by atoms with Crippen LogP contribution >= 0.6 is 0 Å². The molecule has 0 fully saturated rings. The van der Waals surface area contributed by atoms with Gasteiger partial charge in [0.15, 0.2) is 0 Å². The van der Waals surface area contributed by atoms with E-state index >= 15 is 0 Å². The monoisotopic (exact) mass is 502 g/mol. The summed E-state index contributed by atoms with van der Waals surface area (Å²) >= 11 is -2.60. The van der Waals surface area contributed by atoms with Crippen LogP contribution in [-0.2, 0) is 19.1 Å². The maximum absolute atomic E-state index is 11.9. The molecule has 1 unspecified atom stereocenters. The second kappa shape index (κ2) is 15.1. The number of carbonyl (C=O) groups is 2. The first kappa shape index (κ1) is 27.2. The van der Waals surface area contributed by atoms with Crippen molar-refractivity contribution in [2.45, 2.75) is 99.0 Å². The van der Waals surface area contributed by atoms with Crippen LogP contribution in [-0.4, -0.2) is 43.5 Å². The molecule has 0 aliphatic rings. The fraction of sp³-hybridized carbons (Fsp3) is 0.739. The van der Waals surface area contributed by atoms with Crippen molar-refractivity contribution in [3.8, 4) is 0 Å². The van der Waals surface area contributed by atoms with Crippen LogP contribution in [0.4, 0.5) is 0 Å². The van der Waals surface area contributed by atoms with Gasteiger partial charge >= 0.3 is 177 Å². The van der Waals surface area contributed by atoms with Gasteiger partial charge in [-0.3, -0.25) is 0 Å². The van der Waals surface area contributed by atoms with E-state index in [0.29, 0.717) is 12.0 Å². The zero-order valence-corrected chi connectivity index (χ0v) is 21.9. The predicted molar refractivity (Wildman–Crippen MR) is 120 cm³/mol. The summed E-state index contributed by atoms with van der Waals surface area (Å²) in [6.07, 6.45) is 7.47. The second-order valence-corrected chi connectivity index (χ2v) is 20.8. The molecule has 0 aliphatic heterocycles. The molecule has 0 aromatic rings. The van der Waals surface area contributed by atoms with Gasteiger partial charge in [0.1, 0.15) is 0 Å². The SMILES string of the molecule is C=C(C/C(=[CH]/[Sn]([CH2]CCC)([CH2]CCC)[CH2]CCC)C(C)OC(C)=O)C(=O)OC. The molecule has 0 rings (SSSR count). The van der Waals surface area contributed by atoms with Gasteiger partial charge in [0, 0.05) is 0 Å². The summed E-state index contributed by atoms with van der Waals surface area (Å²) < 4.78 is 16.9. The molecule has 28 heavy (non-hydrogen) atoms. The molecule has 0 spiro atoms. The molecule has 162 valence electrons. The van der Waals surface area contributed by atoms with Crippen LogP contribution in [0.1, 0.15) is 79.6 Å². The zero-order valence-electron chi connectivity index (χ0n) is 19.1. The van der Waals surface area contributed by atoms with Crippen LogP contribution in [0.3, 0.4) is 0 Å². The summed E-state index contributed by atoms with van der Waals surface area (Å²) in [7, 11) is 1.37. The van der Waals surface area contributed by atoms with Gasteiger partial charge in [0.2, 0.25) is 0 Å². The van der Waals surface area contributed by atoms with Crippen LogP contribution < -0.4 is 0 Å². The van der Waals surface area contributed by atoms with E-state index in [4.69, 9.17) is 9.47 Å². The van der Waals surface area contributed by atoms with Gasteiger partial charge in [-0.25, -0.2) is 0 Å². The Morgan fingerprint density at radius 1 is 1.00 bits per heavy atom. The molecule has 0 radical (unpaired) electrons.